The molecule has 2 N–H and O–H groups in total. The van der Waals surface area contributed by atoms with Gasteiger partial charge in [0.1, 0.15) is 0 Å². The zero-order chi connectivity index (χ0) is 12.3. The summed E-state index contributed by atoms with van der Waals surface area (Å²) in [6.07, 6.45) is 0. The highest BCUT2D eigenvalue weighted by molar-refractivity contribution is 6.02. The van der Waals surface area contributed by atoms with Gasteiger partial charge in [0.2, 0.25) is 0 Å². The molecular weight excluding hydrogens is 216 g/mol. The fourth-order valence-corrected chi connectivity index (χ4v) is 1.40. The van der Waals surface area contributed by atoms with E-state index < -0.39 is 0 Å². The maximum absolute atomic E-state index is 11.8. The van der Waals surface area contributed by atoms with Gasteiger partial charge in [-0.25, -0.2) is 0 Å². The maximum Gasteiger partial charge on any atom is 0.276 e. The molecule has 84 valence electrons. The molecule has 2 aromatic rings. The lowest BCUT2D eigenvalue weighted by Gasteiger charge is -2.02. The van der Waals surface area contributed by atoms with E-state index in [-0.39, 0.29) is 5.91 Å². The molecule has 5 nitrogen and oxygen atoms in total. The van der Waals surface area contributed by atoms with Crippen LogP contribution < -0.4 is 5.32 Å². The van der Waals surface area contributed by atoms with Gasteiger partial charge in [-0.15, -0.1) is 0 Å². The summed E-state index contributed by atoms with van der Waals surface area (Å²) in [6.45, 7) is 1.82. The van der Waals surface area contributed by atoms with Gasteiger partial charge in [-0.2, -0.15) is 10.4 Å². The average Bonchev–Trinajstić information content (AvgIpc) is 2.76. The Morgan fingerprint density at radius 1 is 1.47 bits per heavy atom. The average molecular weight is 226 g/mol. The number of benzene rings is 1. The third-order valence-electron chi connectivity index (χ3n) is 2.19. The van der Waals surface area contributed by atoms with Crippen molar-refractivity contribution in [3.05, 3.63) is 47.3 Å². The minimum absolute atomic E-state index is 0.301. The van der Waals surface area contributed by atoms with Crippen LogP contribution in [0.3, 0.4) is 0 Å². The number of H-pyrrole nitrogens is 1. The SMILES string of the molecule is Cc1cc(C(=O)Nc2cccc(C#N)c2)n[nH]1. The summed E-state index contributed by atoms with van der Waals surface area (Å²) in [5, 5.41) is 18.0. The number of aromatic amines is 1. The Kier molecular flexibility index (Phi) is 2.88. The molecule has 0 saturated heterocycles. The molecule has 0 saturated carbocycles. The third-order valence-corrected chi connectivity index (χ3v) is 2.19. The highest BCUT2D eigenvalue weighted by Crippen LogP contribution is 2.11. The molecule has 0 aliphatic carbocycles. The zero-order valence-corrected chi connectivity index (χ0v) is 9.19. The van der Waals surface area contributed by atoms with Crippen molar-refractivity contribution < 1.29 is 4.79 Å². The Bertz CT molecular complexity index is 595. The molecule has 0 bridgehead atoms. The van der Waals surface area contributed by atoms with Crippen molar-refractivity contribution in [2.45, 2.75) is 6.92 Å². The minimum atomic E-state index is -0.301. The van der Waals surface area contributed by atoms with Crippen LogP contribution in [0.2, 0.25) is 0 Å². The summed E-state index contributed by atoms with van der Waals surface area (Å²) >= 11 is 0. The second-order valence-corrected chi connectivity index (χ2v) is 3.58. The first-order valence-corrected chi connectivity index (χ1v) is 5.02. The molecule has 1 aromatic heterocycles. The van der Waals surface area contributed by atoms with Crippen LogP contribution in [0.15, 0.2) is 30.3 Å². The van der Waals surface area contributed by atoms with Crippen molar-refractivity contribution in [2.75, 3.05) is 5.32 Å². The zero-order valence-electron chi connectivity index (χ0n) is 9.19. The Balaban J connectivity index is 2.16. The van der Waals surface area contributed by atoms with Gasteiger partial charge in [-0.3, -0.25) is 9.89 Å². The molecule has 5 heteroatoms. The van der Waals surface area contributed by atoms with Gasteiger partial charge < -0.3 is 5.32 Å². The first-order valence-electron chi connectivity index (χ1n) is 5.02. The quantitative estimate of drug-likeness (QED) is 0.819. The monoisotopic (exact) mass is 226 g/mol. The molecule has 0 radical (unpaired) electrons. The number of rotatable bonds is 2. The second-order valence-electron chi connectivity index (χ2n) is 3.58. The normalized spacial score (nSPS) is 9.65. The smallest absolute Gasteiger partial charge is 0.276 e. The summed E-state index contributed by atoms with van der Waals surface area (Å²) in [6, 6.07) is 10.4. The van der Waals surface area contributed by atoms with Crippen LogP contribution in [0, 0.1) is 18.3 Å². The fraction of sp³-hybridized carbons (Fsp3) is 0.0833. The largest absolute Gasteiger partial charge is 0.321 e. The highest BCUT2D eigenvalue weighted by Gasteiger charge is 2.09. The first-order chi connectivity index (χ1) is 8.19. The van der Waals surface area contributed by atoms with Gasteiger partial charge in [0.25, 0.3) is 5.91 Å². The number of aryl methyl sites for hydroxylation is 1. The standard InChI is InChI=1S/C12H10N4O/c1-8-5-11(16-15-8)12(17)14-10-4-2-3-9(6-10)7-13/h2-6H,1H3,(H,14,17)(H,15,16). The predicted octanol–water partition coefficient (Wildman–Crippen LogP) is 1.84. The van der Waals surface area contributed by atoms with Crippen molar-refractivity contribution in [1.82, 2.24) is 10.2 Å². The number of nitriles is 1. The molecule has 0 unspecified atom stereocenters. The number of nitrogens with zero attached hydrogens (tertiary/aromatic N) is 2. The number of nitrogens with one attached hydrogen (secondary N) is 2. The van der Waals surface area contributed by atoms with Gasteiger partial charge in [0.05, 0.1) is 11.6 Å². The van der Waals surface area contributed by atoms with Gasteiger partial charge in [-0.1, -0.05) is 6.07 Å². The van der Waals surface area contributed by atoms with Gasteiger partial charge in [0, 0.05) is 11.4 Å². The number of carbonyl (C=O) groups excluding carboxylic acids is 1. The first kappa shape index (κ1) is 10.9. The lowest BCUT2D eigenvalue weighted by Crippen LogP contribution is -2.12. The molecule has 1 aromatic carbocycles. The van der Waals surface area contributed by atoms with E-state index >= 15 is 0 Å². The molecule has 0 aliphatic rings. The van der Waals surface area contributed by atoms with E-state index in [4.69, 9.17) is 5.26 Å². The topological polar surface area (TPSA) is 81.6 Å². The Labute approximate surface area is 98.1 Å². The van der Waals surface area contributed by atoms with Crippen LogP contribution in [0.1, 0.15) is 21.7 Å². The number of anilines is 1. The number of carbonyl (C=O) groups is 1. The van der Waals surface area contributed by atoms with Crippen LogP contribution in [0.4, 0.5) is 5.69 Å². The van der Waals surface area contributed by atoms with Crippen molar-refractivity contribution in [3.8, 4) is 6.07 Å². The summed E-state index contributed by atoms with van der Waals surface area (Å²) in [7, 11) is 0. The maximum atomic E-state index is 11.8. The molecule has 0 fully saturated rings. The Hall–Kier alpha value is -2.61. The highest BCUT2D eigenvalue weighted by atomic mass is 16.1. The Morgan fingerprint density at radius 2 is 2.29 bits per heavy atom. The Morgan fingerprint density at radius 3 is 2.94 bits per heavy atom. The molecule has 2 rings (SSSR count). The number of hydrogen-bond acceptors (Lipinski definition) is 3. The van der Waals surface area contributed by atoms with Crippen LogP contribution >= 0.6 is 0 Å². The molecular formula is C12H10N4O. The van der Waals surface area contributed by atoms with E-state index in [9.17, 15) is 4.79 Å². The number of amides is 1. The summed E-state index contributed by atoms with van der Waals surface area (Å²) in [5.74, 6) is -0.301. The molecule has 1 amide bonds. The molecule has 0 spiro atoms. The fourth-order valence-electron chi connectivity index (χ4n) is 1.40. The molecule has 0 aliphatic heterocycles. The van der Waals surface area contributed by atoms with Crippen molar-refractivity contribution in [2.24, 2.45) is 0 Å². The van der Waals surface area contributed by atoms with Gasteiger partial charge in [-0.05, 0) is 31.2 Å². The van der Waals surface area contributed by atoms with Crippen LogP contribution in [-0.2, 0) is 0 Å². The van der Waals surface area contributed by atoms with Crippen LogP contribution in [0.25, 0.3) is 0 Å². The van der Waals surface area contributed by atoms with Gasteiger partial charge >= 0.3 is 0 Å². The minimum Gasteiger partial charge on any atom is -0.321 e. The van der Waals surface area contributed by atoms with Crippen molar-refractivity contribution in [1.29, 1.82) is 5.26 Å². The van der Waals surface area contributed by atoms with E-state index in [1.54, 1.807) is 30.3 Å². The summed E-state index contributed by atoms with van der Waals surface area (Å²) in [4.78, 5) is 11.8. The number of aromatic nitrogens is 2. The second kappa shape index (κ2) is 4.49. The van der Waals surface area contributed by atoms with E-state index in [0.29, 0.717) is 16.9 Å². The predicted molar refractivity (Wildman–Crippen MR) is 62.4 cm³/mol. The molecule has 17 heavy (non-hydrogen) atoms. The lowest BCUT2D eigenvalue weighted by molar-refractivity contribution is 0.102. The van der Waals surface area contributed by atoms with E-state index in [1.165, 1.54) is 0 Å². The molecule has 1 heterocycles. The summed E-state index contributed by atoms with van der Waals surface area (Å²) < 4.78 is 0. The van der Waals surface area contributed by atoms with Crippen LogP contribution in [0.5, 0.6) is 0 Å². The lowest BCUT2D eigenvalue weighted by atomic mass is 10.2. The third kappa shape index (κ3) is 2.49. The summed E-state index contributed by atoms with van der Waals surface area (Å²) in [5.41, 5.74) is 2.22. The van der Waals surface area contributed by atoms with Crippen molar-refractivity contribution >= 4 is 11.6 Å². The molecule has 0 atom stereocenters. The van der Waals surface area contributed by atoms with Gasteiger partial charge in [0.15, 0.2) is 5.69 Å². The van der Waals surface area contributed by atoms with E-state index in [1.807, 2.05) is 13.0 Å². The van der Waals surface area contributed by atoms with E-state index in [2.05, 4.69) is 15.5 Å². The van der Waals surface area contributed by atoms with E-state index in [0.717, 1.165) is 5.69 Å². The number of hydrogen-bond donors (Lipinski definition) is 2. The van der Waals surface area contributed by atoms with Crippen molar-refractivity contribution in [3.63, 3.8) is 0 Å². The van der Waals surface area contributed by atoms with Crippen LogP contribution in [-0.4, -0.2) is 16.1 Å².